The maximum atomic E-state index is 6.04. The van der Waals surface area contributed by atoms with Crippen molar-refractivity contribution >= 4 is 11.4 Å². The molecule has 0 fully saturated rings. The van der Waals surface area contributed by atoms with Crippen LogP contribution in [0, 0.1) is 6.10 Å². The zero-order valence-corrected chi connectivity index (χ0v) is 12.3. The quantitative estimate of drug-likeness (QED) is 0.592. The number of anilines is 1. The molecule has 0 bridgehead atoms. The number of allylic oxidation sites excluding steroid dienone is 1. The summed E-state index contributed by atoms with van der Waals surface area (Å²) in [5, 5.41) is 1.00. The number of fused-ring (bicyclic) bond motifs is 2. The third-order valence-electron chi connectivity index (χ3n) is 3.45. The molecule has 0 atom stereocenters. The summed E-state index contributed by atoms with van der Waals surface area (Å²) in [7, 11) is 8.10. The molecule has 0 N–H and O–H groups in total. The molecule has 0 unspecified atom stereocenters. The van der Waals surface area contributed by atoms with Crippen molar-refractivity contribution in [3.8, 4) is 0 Å². The molecule has 1 aliphatic carbocycles. The van der Waals surface area contributed by atoms with Gasteiger partial charge < -0.3 is 9.80 Å². The molecular weight excluding hydrogens is 248 g/mol. The van der Waals surface area contributed by atoms with Gasteiger partial charge in [-0.3, -0.25) is 4.42 Å². The first-order valence-electron chi connectivity index (χ1n) is 6.62. The van der Waals surface area contributed by atoms with Gasteiger partial charge in [0.05, 0.1) is 0 Å². The third-order valence-corrected chi connectivity index (χ3v) is 3.45. The predicted molar refractivity (Wildman–Crippen MR) is 83.3 cm³/mol. The van der Waals surface area contributed by atoms with E-state index in [1.807, 2.05) is 52.5 Å². The largest absolute Gasteiger partial charge is 0.408 e. The van der Waals surface area contributed by atoms with E-state index in [0.29, 0.717) is 0 Å². The maximum Gasteiger partial charge on any atom is 0.302 e. The molecule has 1 aliphatic heterocycles. The van der Waals surface area contributed by atoms with Gasteiger partial charge in [0, 0.05) is 36.6 Å². The van der Waals surface area contributed by atoms with E-state index >= 15 is 0 Å². The Morgan fingerprint density at radius 1 is 1.05 bits per heavy atom. The molecule has 102 valence electrons. The molecule has 1 aromatic carbocycles. The second-order valence-corrected chi connectivity index (χ2v) is 5.38. The van der Waals surface area contributed by atoms with Gasteiger partial charge in [0.15, 0.2) is 0 Å². The summed E-state index contributed by atoms with van der Waals surface area (Å²) < 4.78 is 6.04. The number of nitrogens with zero attached hydrogens (tertiary/aromatic N) is 2. The van der Waals surface area contributed by atoms with Gasteiger partial charge in [0.25, 0.3) is 6.10 Å². The maximum absolute atomic E-state index is 6.04. The van der Waals surface area contributed by atoms with Crippen LogP contribution in [0.25, 0.3) is 5.73 Å². The lowest BCUT2D eigenvalue weighted by atomic mass is 10.0. The summed E-state index contributed by atoms with van der Waals surface area (Å²) in [6.45, 7) is 0. The van der Waals surface area contributed by atoms with Crippen molar-refractivity contribution in [2.45, 2.75) is 0 Å². The molecular formula is C17H18N2O. The van der Waals surface area contributed by atoms with Crippen molar-refractivity contribution in [1.82, 2.24) is 4.90 Å². The average molecular weight is 266 g/mol. The fourth-order valence-electron chi connectivity index (χ4n) is 2.22. The number of hydrogen-bond donors (Lipinski definition) is 0. The van der Waals surface area contributed by atoms with Crippen LogP contribution in [0.15, 0.2) is 52.1 Å². The van der Waals surface area contributed by atoms with Crippen LogP contribution in [0.5, 0.6) is 0 Å². The molecule has 1 aromatic rings. The third kappa shape index (κ3) is 2.13. The van der Waals surface area contributed by atoms with E-state index in [1.165, 1.54) is 0 Å². The molecule has 3 heteroatoms. The summed E-state index contributed by atoms with van der Waals surface area (Å²) in [5.41, 5.74) is 7.52. The molecule has 0 radical (unpaired) electrons. The van der Waals surface area contributed by atoms with Gasteiger partial charge in [-0.25, -0.2) is 0 Å². The zero-order valence-electron chi connectivity index (χ0n) is 12.3. The molecule has 0 saturated carbocycles. The standard InChI is InChI=1S/C17H18N2O/c1-18(2)14-7-5-12-9-13-6-8-15(19(3)4)11-17(13)20-16(12)10-14/h5-8,10-11H,1-4H3. The van der Waals surface area contributed by atoms with Gasteiger partial charge in [-0.15, -0.1) is 12.2 Å². The smallest absolute Gasteiger partial charge is 0.302 e. The van der Waals surface area contributed by atoms with Crippen molar-refractivity contribution in [1.29, 1.82) is 0 Å². The fourth-order valence-corrected chi connectivity index (χ4v) is 2.22. The molecule has 0 spiro atoms. The van der Waals surface area contributed by atoms with Crippen LogP contribution in [0.3, 0.4) is 0 Å². The molecule has 20 heavy (non-hydrogen) atoms. The topological polar surface area (TPSA) is 17.8 Å². The van der Waals surface area contributed by atoms with Gasteiger partial charge in [0.2, 0.25) is 0 Å². The number of benzene rings is 1. The lowest BCUT2D eigenvalue weighted by molar-refractivity contribution is 0.527. The van der Waals surface area contributed by atoms with Crippen LogP contribution >= 0.6 is 0 Å². The highest BCUT2D eigenvalue weighted by atomic mass is 16.4. The van der Waals surface area contributed by atoms with Gasteiger partial charge in [-0.1, -0.05) is 6.07 Å². The Bertz CT molecular complexity index is 763. The van der Waals surface area contributed by atoms with Gasteiger partial charge in [0.1, 0.15) is 0 Å². The SMILES string of the molecule is CN(C)C1=C[C-]2[O+]=c3cc(N(C)C)ccc3=C=C2C=C1. The summed E-state index contributed by atoms with van der Waals surface area (Å²) in [6.07, 6.45) is 7.04. The molecule has 3 rings (SSSR count). The van der Waals surface area contributed by atoms with Crippen molar-refractivity contribution < 1.29 is 0 Å². The molecule has 0 aromatic heterocycles. The summed E-state index contributed by atoms with van der Waals surface area (Å²) in [4.78, 5) is 4.13. The Morgan fingerprint density at radius 2 is 1.85 bits per heavy atom. The number of rotatable bonds is 2. The lowest BCUT2D eigenvalue weighted by Gasteiger charge is -2.21. The van der Waals surface area contributed by atoms with Gasteiger partial charge in [-0.2, -0.15) is 5.73 Å². The normalized spacial score (nSPS) is 15.3. The van der Waals surface area contributed by atoms with Crippen LogP contribution in [-0.2, 0) is 0 Å². The van der Waals surface area contributed by atoms with E-state index < -0.39 is 0 Å². The minimum absolute atomic E-state index is 0.861. The molecule has 0 amide bonds. The Hall–Kier alpha value is -2.38. The molecule has 1 heterocycles. The molecule has 3 nitrogen and oxygen atoms in total. The fraction of sp³-hybridized carbons (Fsp3) is 0.235. The van der Waals surface area contributed by atoms with Crippen LogP contribution in [0.1, 0.15) is 0 Å². The Kier molecular flexibility index (Phi) is 2.92. The van der Waals surface area contributed by atoms with Crippen molar-refractivity contribution in [3.63, 3.8) is 0 Å². The minimum Gasteiger partial charge on any atom is -0.408 e. The van der Waals surface area contributed by atoms with E-state index in [9.17, 15) is 0 Å². The van der Waals surface area contributed by atoms with Crippen LogP contribution in [-0.4, -0.2) is 33.1 Å². The van der Waals surface area contributed by atoms with Crippen molar-refractivity contribution in [3.05, 3.63) is 68.9 Å². The highest BCUT2D eigenvalue weighted by Gasteiger charge is 2.21. The first-order chi connectivity index (χ1) is 9.54. The highest BCUT2D eigenvalue weighted by molar-refractivity contribution is 5.60. The van der Waals surface area contributed by atoms with E-state index in [2.05, 4.69) is 27.7 Å². The van der Waals surface area contributed by atoms with Gasteiger partial charge in [-0.05, 0) is 31.9 Å². The van der Waals surface area contributed by atoms with Crippen LogP contribution < -0.4 is 15.5 Å². The first-order valence-corrected chi connectivity index (χ1v) is 6.62. The summed E-state index contributed by atoms with van der Waals surface area (Å²) in [5.74, 6) is 0. The Morgan fingerprint density at radius 3 is 2.55 bits per heavy atom. The first kappa shape index (κ1) is 12.6. The van der Waals surface area contributed by atoms with Crippen LogP contribution in [0.2, 0.25) is 0 Å². The van der Waals surface area contributed by atoms with Crippen LogP contribution in [0.4, 0.5) is 5.69 Å². The highest BCUT2D eigenvalue weighted by Crippen LogP contribution is 2.26. The molecule has 0 saturated heterocycles. The zero-order chi connectivity index (χ0) is 14.3. The number of likely N-dealkylation sites (N-methyl/N-ethyl adjacent to an activating group) is 1. The second kappa shape index (κ2) is 4.62. The second-order valence-electron chi connectivity index (χ2n) is 5.38. The Labute approximate surface area is 119 Å². The average Bonchev–Trinajstić information content (AvgIpc) is 2.43. The predicted octanol–water partition coefficient (Wildman–Crippen LogP) is 1.23. The number of hydrogen-bond acceptors (Lipinski definition) is 2. The van der Waals surface area contributed by atoms with E-state index in [0.717, 1.165) is 33.7 Å². The minimum atomic E-state index is 0.861. The van der Waals surface area contributed by atoms with Crippen molar-refractivity contribution in [2.24, 2.45) is 0 Å². The lowest BCUT2D eigenvalue weighted by Crippen LogP contribution is -2.29. The summed E-state index contributed by atoms with van der Waals surface area (Å²) in [6, 6.07) is 6.18. The monoisotopic (exact) mass is 266 g/mol. The summed E-state index contributed by atoms with van der Waals surface area (Å²) >= 11 is 0. The van der Waals surface area contributed by atoms with E-state index in [-0.39, 0.29) is 0 Å². The van der Waals surface area contributed by atoms with E-state index in [4.69, 9.17) is 4.42 Å². The Balaban J connectivity index is 2.16. The van der Waals surface area contributed by atoms with E-state index in [1.54, 1.807) is 0 Å². The van der Waals surface area contributed by atoms with Crippen molar-refractivity contribution in [2.75, 3.05) is 33.1 Å². The molecule has 2 aliphatic rings. The van der Waals surface area contributed by atoms with Gasteiger partial charge >= 0.3 is 5.43 Å².